The number of rotatable bonds is 12. The van der Waals surface area contributed by atoms with E-state index in [4.69, 9.17) is 0 Å². The Balaban J connectivity index is 0.744. The van der Waals surface area contributed by atoms with Crippen LogP contribution >= 0.6 is 0 Å². The average Bonchev–Trinajstić information content (AvgIpc) is 2.16. The quantitative estimate of drug-likeness (QED) is 0.111. The standard InChI is InChI=1S/C86H58N2/c1-5-21-59(22-6-1)60-37-41-65(42-38-60)85-77-33-17-19-35-79(77)86(80-36-20-18-34-78(80)85)66-43-39-61(40-44-66)62-45-49-70(50-46-62)87(69-27-11-4-12-28-69)71-51-53-72(54-52-71)88-83-55-47-67(75-31-15-13-29-73(75)63-23-7-2-8-24-63)57-81(83)82-58-68(48-56-84(82)88)76-32-16-14-30-74(76)64-25-9-3-10-26-64/h1-58H. The van der Waals surface area contributed by atoms with E-state index in [9.17, 15) is 0 Å². The van der Waals surface area contributed by atoms with Gasteiger partial charge in [-0.15, -0.1) is 0 Å². The van der Waals surface area contributed by atoms with E-state index in [1.54, 1.807) is 0 Å². The Labute approximate surface area is 513 Å². The Kier molecular flexibility index (Phi) is 13.3. The summed E-state index contributed by atoms with van der Waals surface area (Å²) in [5, 5.41) is 7.40. The highest BCUT2D eigenvalue weighted by atomic mass is 15.1. The summed E-state index contributed by atoms with van der Waals surface area (Å²) in [6.07, 6.45) is 0. The van der Waals surface area contributed by atoms with Gasteiger partial charge in [0.25, 0.3) is 0 Å². The van der Waals surface area contributed by atoms with Crippen molar-refractivity contribution < 1.29 is 0 Å². The highest BCUT2D eigenvalue weighted by molar-refractivity contribution is 6.21. The van der Waals surface area contributed by atoms with Crippen molar-refractivity contribution in [3.63, 3.8) is 0 Å². The van der Waals surface area contributed by atoms with Gasteiger partial charge in [-0.3, -0.25) is 0 Å². The second-order valence-electron chi connectivity index (χ2n) is 22.7. The highest BCUT2D eigenvalue weighted by Gasteiger charge is 2.21. The number of para-hydroxylation sites is 1. The van der Waals surface area contributed by atoms with E-state index in [0.717, 1.165) is 39.3 Å². The SMILES string of the molecule is c1ccc(-c2ccc(-c3c4ccccc4c(-c4ccc(-c5ccc(N(c6ccccc6)c6ccc(-n7c8ccc(-c9ccccc9-c9ccccc9)cc8c8cc(-c9ccccc9-c9ccccc9)ccc87)cc6)cc5)cc4)c4ccccc34)cc2)cc1. The molecule has 0 unspecified atom stereocenters. The molecule has 0 aliphatic rings. The molecule has 0 atom stereocenters. The molecule has 0 aliphatic carbocycles. The summed E-state index contributed by atoms with van der Waals surface area (Å²) in [5.41, 5.74) is 26.0. The van der Waals surface area contributed by atoms with Crippen LogP contribution in [0.1, 0.15) is 0 Å². The summed E-state index contributed by atoms with van der Waals surface area (Å²) < 4.78 is 2.44. The summed E-state index contributed by atoms with van der Waals surface area (Å²) in [4.78, 5) is 2.35. The molecular weight excluding hydrogens is 1060 g/mol. The third-order valence-electron chi connectivity index (χ3n) is 17.6. The number of nitrogens with zero attached hydrogens (tertiary/aromatic N) is 2. The second kappa shape index (κ2) is 22.4. The number of hydrogen-bond donors (Lipinski definition) is 0. The van der Waals surface area contributed by atoms with Gasteiger partial charge in [0.05, 0.1) is 11.0 Å². The molecule has 0 N–H and O–H groups in total. The van der Waals surface area contributed by atoms with Gasteiger partial charge in [0.1, 0.15) is 0 Å². The first-order valence-electron chi connectivity index (χ1n) is 30.3. The topological polar surface area (TPSA) is 8.17 Å². The third-order valence-corrected chi connectivity index (χ3v) is 17.6. The third kappa shape index (κ3) is 9.41. The maximum absolute atomic E-state index is 2.44. The van der Waals surface area contributed by atoms with E-state index < -0.39 is 0 Å². The fraction of sp³-hybridized carbons (Fsp3) is 0. The predicted molar refractivity (Wildman–Crippen MR) is 374 cm³/mol. The average molecular weight is 1120 g/mol. The molecule has 0 bridgehead atoms. The Morgan fingerprint density at radius 2 is 0.455 bits per heavy atom. The Hall–Kier alpha value is -11.6. The molecule has 2 nitrogen and oxygen atoms in total. The lowest BCUT2D eigenvalue weighted by molar-refractivity contribution is 1.17. The van der Waals surface area contributed by atoms with Gasteiger partial charge in [0, 0.05) is 33.5 Å². The van der Waals surface area contributed by atoms with Gasteiger partial charge in [0.2, 0.25) is 0 Å². The largest absolute Gasteiger partial charge is 0.311 e. The van der Waals surface area contributed by atoms with Gasteiger partial charge in [-0.25, -0.2) is 0 Å². The van der Waals surface area contributed by atoms with Gasteiger partial charge in [-0.05, 0) is 183 Å². The van der Waals surface area contributed by atoms with E-state index in [1.165, 1.54) is 116 Å². The molecule has 412 valence electrons. The summed E-state index contributed by atoms with van der Waals surface area (Å²) in [7, 11) is 0. The van der Waals surface area contributed by atoms with Gasteiger partial charge in [-0.1, -0.05) is 279 Å². The van der Waals surface area contributed by atoms with Crippen LogP contribution in [0.15, 0.2) is 352 Å². The van der Waals surface area contributed by atoms with E-state index in [0.29, 0.717) is 0 Å². The van der Waals surface area contributed by atoms with Crippen molar-refractivity contribution in [3.8, 4) is 94.7 Å². The molecule has 0 fully saturated rings. The fourth-order valence-electron chi connectivity index (χ4n) is 13.5. The molecule has 1 aromatic heterocycles. The van der Waals surface area contributed by atoms with Crippen LogP contribution in [0.25, 0.3) is 138 Å². The first-order chi connectivity index (χ1) is 43.7. The molecule has 15 aromatic carbocycles. The molecule has 1 heterocycles. The van der Waals surface area contributed by atoms with E-state index in [-0.39, 0.29) is 0 Å². The van der Waals surface area contributed by atoms with Crippen molar-refractivity contribution in [3.05, 3.63) is 352 Å². The summed E-state index contributed by atoms with van der Waals surface area (Å²) >= 11 is 0. The van der Waals surface area contributed by atoms with E-state index in [1.807, 2.05) is 0 Å². The van der Waals surface area contributed by atoms with Crippen LogP contribution in [0.2, 0.25) is 0 Å². The monoisotopic (exact) mass is 1120 g/mol. The minimum Gasteiger partial charge on any atom is -0.311 e. The van der Waals surface area contributed by atoms with Gasteiger partial charge >= 0.3 is 0 Å². The number of fused-ring (bicyclic) bond motifs is 5. The number of hydrogen-bond acceptors (Lipinski definition) is 1. The molecule has 2 heteroatoms. The maximum atomic E-state index is 2.44. The molecule has 0 amide bonds. The molecular formula is C86H58N2. The van der Waals surface area contributed by atoms with Crippen molar-refractivity contribution >= 4 is 60.4 Å². The molecule has 0 aliphatic heterocycles. The first kappa shape index (κ1) is 52.0. The fourth-order valence-corrected chi connectivity index (χ4v) is 13.5. The summed E-state index contributed by atoms with van der Waals surface area (Å²) in [6, 6.07) is 129. The molecule has 0 saturated carbocycles. The zero-order valence-electron chi connectivity index (χ0n) is 48.4. The minimum atomic E-state index is 1.07. The van der Waals surface area contributed by atoms with Crippen LogP contribution in [0.3, 0.4) is 0 Å². The van der Waals surface area contributed by atoms with E-state index >= 15 is 0 Å². The van der Waals surface area contributed by atoms with Crippen molar-refractivity contribution in [2.75, 3.05) is 4.90 Å². The molecule has 88 heavy (non-hydrogen) atoms. The molecule has 16 aromatic rings. The molecule has 0 saturated heterocycles. The van der Waals surface area contributed by atoms with Crippen LogP contribution in [0, 0.1) is 0 Å². The van der Waals surface area contributed by atoms with Gasteiger partial charge < -0.3 is 9.47 Å². The smallest absolute Gasteiger partial charge is 0.0541 e. The predicted octanol–water partition coefficient (Wildman–Crippen LogP) is 23.9. The Bertz CT molecular complexity index is 4990. The van der Waals surface area contributed by atoms with Crippen molar-refractivity contribution in [2.45, 2.75) is 0 Å². The van der Waals surface area contributed by atoms with Crippen molar-refractivity contribution in [1.82, 2.24) is 4.57 Å². The van der Waals surface area contributed by atoms with Gasteiger partial charge in [0.15, 0.2) is 0 Å². The normalized spacial score (nSPS) is 11.4. The lowest BCUT2D eigenvalue weighted by Gasteiger charge is -2.26. The van der Waals surface area contributed by atoms with Gasteiger partial charge in [-0.2, -0.15) is 0 Å². The number of benzene rings is 15. The lowest BCUT2D eigenvalue weighted by atomic mass is 9.85. The Morgan fingerprint density at radius 1 is 0.182 bits per heavy atom. The first-order valence-corrected chi connectivity index (χ1v) is 30.3. The summed E-state index contributed by atoms with van der Waals surface area (Å²) in [6.45, 7) is 0. The van der Waals surface area contributed by atoms with Crippen LogP contribution in [-0.2, 0) is 0 Å². The minimum absolute atomic E-state index is 1.07. The number of anilines is 3. The van der Waals surface area contributed by atoms with Crippen molar-refractivity contribution in [2.24, 2.45) is 0 Å². The highest BCUT2D eigenvalue weighted by Crippen LogP contribution is 2.46. The lowest BCUT2D eigenvalue weighted by Crippen LogP contribution is -2.10. The van der Waals surface area contributed by atoms with Crippen LogP contribution in [-0.4, -0.2) is 4.57 Å². The van der Waals surface area contributed by atoms with E-state index in [2.05, 4.69) is 361 Å². The maximum Gasteiger partial charge on any atom is 0.0541 e. The molecule has 0 spiro atoms. The number of aromatic nitrogens is 1. The van der Waals surface area contributed by atoms with Crippen LogP contribution < -0.4 is 4.90 Å². The molecule has 16 rings (SSSR count). The molecule has 0 radical (unpaired) electrons. The Morgan fingerprint density at radius 3 is 0.852 bits per heavy atom. The van der Waals surface area contributed by atoms with Crippen LogP contribution in [0.4, 0.5) is 17.1 Å². The van der Waals surface area contributed by atoms with Crippen molar-refractivity contribution in [1.29, 1.82) is 0 Å². The van der Waals surface area contributed by atoms with Crippen LogP contribution in [0.5, 0.6) is 0 Å². The zero-order chi connectivity index (χ0) is 58.3. The summed E-state index contributed by atoms with van der Waals surface area (Å²) in [5.74, 6) is 0. The zero-order valence-corrected chi connectivity index (χ0v) is 48.4. The second-order valence-corrected chi connectivity index (χ2v) is 22.7.